The molecule has 0 aromatic heterocycles. The fraction of sp³-hybridized carbons (Fsp3) is 0.588. The van der Waals surface area contributed by atoms with Crippen molar-refractivity contribution in [2.75, 3.05) is 19.6 Å². The van der Waals surface area contributed by atoms with Crippen LogP contribution in [0.1, 0.15) is 31.7 Å². The molecule has 2 rings (SSSR count). The number of hydrogen-bond donors (Lipinski definition) is 2. The summed E-state index contributed by atoms with van der Waals surface area (Å²) < 4.78 is 1.09. The highest BCUT2D eigenvalue weighted by Gasteiger charge is 2.20. The zero-order chi connectivity index (χ0) is 15.1. The summed E-state index contributed by atoms with van der Waals surface area (Å²) in [6.45, 7) is 5.03. The van der Waals surface area contributed by atoms with Crippen molar-refractivity contribution in [3.63, 3.8) is 0 Å². The number of rotatable bonds is 6. The van der Waals surface area contributed by atoms with Gasteiger partial charge in [0.25, 0.3) is 0 Å². The first-order valence-electron chi connectivity index (χ1n) is 7.92. The van der Waals surface area contributed by atoms with E-state index in [1.807, 2.05) is 18.2 Å². The number of halogens is 1. The molecule has 21 heavy (non-hydrogen) atoms. The number of piperidine rings is 1. The van der Waals surface area contributed by atoms with Crippen LogP contribution in [-0.2, 0) is 11.2 Å². The average Bonchev–Trinajstić information content (AvgIpc) is 2.53. The number of carbonyl (C=O) groups excluding carboxylic acids is 1. The van der Waals surface area contributed by atoms with Gasteiger partial charge in [-0.3, -0.25) is 4.79 Å². The van der Waals surface area contributed by atoms with E-state index in [1.54, 1.807) is 0 Å². The summed E-state index contributed by atoms with van der Waals surface area (Å²) in [5.41, 5.74) is 1.21. The van der Waals surface area contributed by atoms with Crippen molar-refractivity contribution >= 4 is 21.8 Å². The Morgan fingerprint density at radius 1 is 1.48 bits per heavy atom. The molecule has 1 fully saturated rings. The SMILES string of the molecule is CCC(Cc1ccccc1Br)C(=O)NCC1CCCNC1. The van der Waals surface area contributed by atoms with Gasteiger partial charge in [-0.1, -0.05) is 41.1 Å². The van der Waals surface area contributed by atoms with Gasteiger partial charge in [-0.25, -0.2) is 0 Å². The van der Waals surface area contributed by atoms with Crippen LogP contribution in [0.5, 0.6) is 0 Å². The zero-order valence-electron chi connectivity index (χ0n) is 12.7. The zero-order valence-corrected chi connectivity index (χ0v) is 14.3. The molecule has 0 aliphatic carbocycles. The first kappa shape index (κ1) is 16.5. The lowest BCUT2D eigenvalue weighted by Crippen LogP contribution is -2.40. The second-order valence-corrected chi connectivity index (χ2v) is 6.71. The second-order valence-electron chi connectivity index (χ2n) is 5.86. The van der Waals surface area contributed by atoms with E-state index in [2.05, 4.69) is 39.6 Å². The topological polar surface area (TPSA) is 41.1 Å². The van der Waals surface area contributed by atoms with E-state index in [0.717, 1.165) is 36.9 Å². The molecule has 1 aliphatic heterocycles. The van der Waals surface area contributed by atoms with E-state index < -0.39 is 0 Å². The minimum absolute atomic E-state index is 0.0558. The van der Waals surface area contributed by atoms with Crippen LogP contribution in [-0.4, -0.2) is 25.5 Å². The first-order valence-corrected chi connectivity index (χ1v) is 8.71. The van der Waals surface area contributed by atoms with Crippen molar-refractivity contribution in [2.45, 2.75) is 32.6 Å². The van der Waals surface area contributed by atoms with Gasteiger partial charge < -0.3 is 10.6 Å². The molecule has 1 saturated heterocycles. The molecule has 2 unspecified atom stereocenters. The van der Waals surface area contributed by atoms with E-state index in [-0.39, 0.29) is 11.8 Å². The molecular formula is C17H25BrN2O. The smallest absolute Gasteiger partial charge is 0.223 e. The van der Waals surface area contributed by atoms with Crippen LogP contribution in [0, 0.1) is 11.8 Å². The number of nitrogens with one attached hydrogen (secondary N) is 2. The molecule has 1 aromatic rings. The molecule has 0 spiro atoms. The lowest BCUT2D eigenvalue weighted by molar-refractivity contribution is -0.125. The van der Waals surface area contributed by atoms with Crippen LogP contribution < -0.4 is 10.6 Å². The summed E-state index contributed by atoms with van der Waals surface area (Å²) in [6, 6.07) is 8.15. The molecule has 3 nitrogen and oxygen atoms in total. The highest BCUT2D eigenvalue weighted by molar-refractivity contribution is 9.10. The van der Waals surface area contributed by atoms with Gasteiger partial charge in [0.05, 0.1) is 0 Å². The van der Waals surface area contributed by atoms with Crippen LogP contribution in [0.15, 0.2) is 28.7 Å². The van der Waals surface area contributed by atoms with Crippen molar-refractivity contribution in [1.82, 2.24) is 10.6 Å². The average molecular weight is 353 g/mol. The fourth-order valence-electron chi connectivity index (χ4n) is 2.84. The van der Waals surface area contributed by atoms with Gasteiger partial charge in [-0.2, -0.15) is 0 Å². The third-order valence-corrected chi connectivity index (χ3v) is 5.03. The normalized spacial score (nSPS) is 20.0. The van der Waals surface area contributed by atoms with Gasteiger partial charge in [-0.05, 0) is 56.3 Å². The Bertz CT molecular complexity index is 458. The molecule has 116 valence electrons. The Kier molecular flexibility index (Phi) is 6.71. The maximum absolute atomic E-state index is 12.4. The molecule has 4 heteroatoms. The molecule has 1 amide bonds. The summed E-state index contributed by atoms with van der Waals surface area (Å²) in [5, 5.41) is 6.54. The van der Waals surface area contributed by atoms with Gasteiger partial charge >= 0.3 is 0 Å². The minimum atomic E-state index is 0.0558. The first-order chi connectivity index (χ1) is 10.2. The van der Waals surface area contributed by atoms with Gasteiger partial charge in [0.2, 0.25) is 5.91 Å². The number of benzene rings is 1. The molecule has 2 N–H and O–H groups in total. The monoisotopic (exact) mass is 352 g/mol. The quantitative estimate of drug-likeness (QED) is 0.825. The predicted octanol–water partition coefficient (Wildman–Crippen LogP) is 3.13. The highest BCUT2D eigenvalue weighted by Crippen LogP contribution is 2.21. The van der Waals surface area contributed by atoms with Gasteiger partial charge in [0, 0.05) is 16.9 Å². The lowest BCUT2D eigenvalue weighted by atomic mass is 9.95. The van der Waals surface area contributed by atoms with Crippen molar-refractivity contribution < 1.29 is 4.79 Å². The van der Waals surface area contributed by atoms with Crippen molar-refractivity contribution in [3.05, 3.63) is 34.3 Å². The van der Waals surface area contributed by atoms with Crippen molar-refractivity contribution in [2.24, 2.45) is 11.8 Å². The fourth-order valence-corrected chi connectivity index (χ4v) is 3.29. The predicted molar refractivity (Wildman–Crippen MR) is 90.2 cm³/mol. The van der Waals surface area contributed by atoms with E-state index in [1.165, 1.54) is 18.4 Å². The van der Waals surface area contributed by atoms with Crippen LogP contribution in [0.4, 0.5) is 0 Å². The van der Waals surface area contributed by atoms with Gasteiger partial charge in [0.1, 0.15) is 0 Å². The minimum Gasteiger partial charge on any atom is -0.356 e. The number of amides is 1. The molecular weight excluding hydrogens is 328 g/mol. The van der Waals surface area contributed by atoms with E-state index in [4.69, 9.17) is 0 Å². The second kappa shape index (κ2) is 8.54. The van der Waals surface area contributed by atoms with E-state index >= 15 is 0 Å². The summed E-state index contributed by atoms with van der Waals surface area (Å²) >= 11 is 3.56. The molecule has 0 radical (unpaired) electrons. The van der Waals surface area contributed by atoms with E-state index in [0.29, 0.717) is 5.92 Å². The molecule has 1 aromatic carbocycles. The van der Waals surface area contributed by atoms with Crippen molar-refractivity contribution in [1.29, 1.82) is 0 Å². The Hall–Kier alpha value is -0.870. The van der Waals surface area contributed by atoms with E-state index in [9.17, 15) is 4.79 Å². The molecule has 0 saturated carbocycles. The van der Waals surface area contributed by atoms with Crippen LogP contribution >= 0.6 is 15.9 Å². The Morgan fingerprint density at radius 3 is 2.95 bits per heavy atom. The molecule has 0 bridgehead atoms. The number of hydrogen-bond acceptors (Lipinski definition) is 2. The maximum Gasteiger partial charge on any atom is 0.223 e. The molecule has 1 aliphatic rings. The van der Waals surface area contributed by atoms with Crippen LogP contribution in [0.3, 0.4) is 0 Å². The Balaban J connectivity index is 1.85. The lowest BCUT2D eigenvalue weighted by Gasteiger charge is -2.24. The molecule has 1 heterocycles. The summed E-state index contributed by atoms with van der Waals surface area (Å²) in [7, 11) is 0. The summed E-state index contributed by atoms with van der Waals surface area (Å²) in [6.07, 6.45) is 4.10. The maximum atomic E-state index is 12.4. The summed E-state index contributed by atoms with van der Waals surface area (Å²) in [5.74, 6) is 0.836. The Morgan fingerprint density at radius 2 is 2.29 bits per heavy atom. The van der Waals surface area contributed by atoms with Gasteiger partial charge in [0.15, 0.2) is 0 Å². The highest BCUT2D eigenvalue weighted by atomic mass is 79.9. The summed E-state index contributed by atoms with van der Waals surface area (Å²) in [4.78, 5) is 12.4. The van der Waals surface area contributed by atoms with Crippen molar-refractivity contribution in [3.8, 4) is 0 Å². The van der Waals surface area contributed by atoms with Crippen LogP contribution in [0.2, 0.25) is 0 Å². The van der Waals surface area contributed by atoms with Crippen LogP contribution in [0.25, 0.3) is 0 Å². The molecule has 2 atom stereocenters. The third kappa shape index (κ3) is 5.11. The Labute approximate surface area is 136 Å². The standard InChI is InChI=1S/C17H25BrN2O/c1-2-14(10-15-7-3-4-8-16(15)18)17(21)20-12-13-6-5-9-19-11-13/h3-4,7-8,13-14,19H,2,5-6,9-12H2,1H3,(H,20,21). The van der Waals surface area contributed by atoms with Gasteiger partial charge in [-0.15, -0.1) is 0 Å². The number of carbonyl (C=O) groups is 1. The largest absolute Gasteiger partial charge is 0.356 e. The third-order valence-electron chi connectivity index (χ3n) is 4.25.